The minimum absolute atomic E-state index is 0.0529. The Balaban J connectivity index is 1.95. The van der Waals surface area contributed by atoms with Crippen LogP contribution >= 0.6 is 0 Å². The summed E-state index contributed by atoms with van der Waals surface area (Å²) in [5.41, 5.74) is 3.46. The number of nitrogens with zero attached hydrogens (tertiary/aromatic N) is 2. The first kappa shape index (κ1) is 24.2. The summed E-state index contributed by atoms with van der Waals surface area (Å²) in [5.74, 6) is -1.02. The van der Waals surface area contributed by atoms with Crippen molar-refractivity contribution in [1.82, 2.24) is 4.98 Å². The van der Waals surface area contributed by atoms with Gasteiger partial charge in [-0.1, -0.05) is 39.0 Å². The van der Waals surface area contributed by atoms with Crippen molar-refractivity contribution in [3.8, 4) is 5.75 Å². The van der Waals surface area contributed by atoms with Gasteiger partial charge in [-0.2, -0.15) is 0 Å². The number of aliphatic hydroxyl groups is 1. The second-order valence-corrected chi connectivity index (χ2v) is 9.66. The van der Waals surface area contributed by atoms with E-state index in [1.165, 1.54) is 4.90 Å². The number of pyridine rings is 1. The van der Waals surface area contributed by atoms with Gasteiger partial charge in [-0.15, -0.1) is 0 Å². The lowest BCUT2D eigenvalue weighted by Crippen LogP contribution is -2.29. The quantitative estimate of drug-likeness (QED) is 0.293. The molecule has 3 aromatic rings. The van der Waals surface area contributed by atoms with Gasteiger partial charge in [0, 0.05) is 29.7 Å². The van der Waals surface area contributed by atoms with Gasteiger partial charge in [0.05, 0.1) is 18.2 Å². The molecule has 1 aliphatic rings. The van der Waals surface area contributed by atoms with Gasteiger partial charge in [-0.25, -0.2) is 0 Å². The highest BCUT2D eigenvalue weighted by atomic mass is 16.5. The Kier molecular flexibility index (Phi) is 6.48. The van der Waals surface area contributed by atoms with E-state index in [0.717, 1.165) is 11.1 Å². The SMILES string of the molecule is CCOc1cccc(N2C(=O)C(=O)/C(=C(/O)c3cc(C(C)(C)C)ccc3C)C2c2ccncc2)c1. The summed E-state index contributed by atoms with van der Waals surface area (Å²) in [5, 5.41) is 11.6. The molecule has 0 spiro atoms. The van der Waals surface area contributed by atoms with Gasteiger partial charge in [0.25, 0.3) is 11.7 Å². The van der Waals surface area contributed by atoms with Crippen LogP contribution in [0.2, 0.25) is 0 Å². The van der Waals surface area contributed by atoms with Gasteiger partial charge in [0.2, 0.25) is 0 Å². The van der Waals surface area contributed by atoms with Gasteiger partial charge in [-0.3, -0.25) is 19.5 Å². The summed E-state index contributed by atoms with van der Waals surface area (Å²) < 4.78 is 5.62. The standard InChI is InChI=1S/C29H30N2O4/c1-6-35-22-9-7-8-21(17-22)31-25(19-12-14-30-15-13-19)24(27(33)28(31)34)26(32)23-16-20(29(3,4)5)11-10-18(23)2/h7-17,25,32H,6H2,1-5H3/b26-24+. The molecule has 0 radical (unpaired) electrons. The van der Waals surface area contributed by atoms with Crippen LogP contribution < -0.4 is 9.64 Å². The Bertz CT molecular complexity index is 1310. The molecular weight excluding hydrogens is 440 g/mol. The molecule has 35 heavy (non-hydrogen) atoms. The molecule has 1 aromatic heterocycles. The average molecular weight is 471 g/mol. The number of aliphatic hydroxyl groups excluding tert-OH is 1. The molecular formula is C29H30N2O4. The van der Waals surface area contributed by atoms with E-state index >= 15 is 0 Å². The molecule has 1 saturated heterocycles. The highest BCUT2D eigenvalue weighted by molar-refractivity contribution is 6.51. The van der Waals surface area contributed by atoms with E-state index in [-0.39, 0.29) is 16.7 Å². The maximum Gasteiger partial charge on any atom is 0.300 e. The monoisotopic (exact) mass is 470 g/mol. The van der Waals surface area contributed by atoms with E-state index in [4.69, 9.17) is 4.74 Å². The average Bonchev–Trinajstić information content (AvgIpc) is 3.09. The number of ether oxygens (including phenoxy) is 1. The van der Waals surface area contributed by atoms with E-state index in [9.17, 15) is 14.7 Å². The van der Waals surface area contributed by atoms with Crippen molar-refractivity contribution in [2.75, 3.05) is 11.5 Å². The molecule has 0 bridgehead atoms. The number of benzene rings is 2. The molecule has 1 N–H and O–H groups in total. The van der Waals surface area contributed by atoms with E-state index in [1.807, 2.05) is 32.0 Å². The van der Waals surface area contributed by atoms with Crippen molar-refractivity contribution in [1.29, 1.82) is 0 Å². The fourth-order valence-corrected chi connectivity index (χ4v) is 4.34. The Labute approximate surface area is 205 Å². The van der Waals surface area contributed by atoms with Gasteiger partial charge < -0.3 is 9.84 Å². The smallest absolute Gasteiger partial charge is 0.300 e. The van der Waals surface area contributed by atoms with Gasteiger partial charge in [-0.05, 0) is 66.3 Å². The molecule has 2 aromatic carbocycles. The largest absolute Gasteiger partial charge is 0.507 e. The maximum absolute atomic E-state index is 13.4. The number of carbonyl (C=O) groups excluding carboxylic acids is 2. The summed E-state index contributed by atoms with van der Waals surface area (Å²) in [4.78, 5) is 32.3. The van der Waals surface area contributed by atoms with Crippen LogP contribution in [0.25, 0.3) is 5.76 Å². The zero-order valence-corrected chi connectivity index (χ0v) is 20.7. The number of ketones is 1. The lowest BCUT2D eigenvalue weighted by molar-refractivity contribution is -0.132. The molecule has 1 amide bonds. The second-order valence-electron chi connectivity index (χ2n) is 9.66. The first-order chi connectivity index (χ1) is 16.6. The molecule has 1 fully saturated rings. The number of anilines is 1. The predicted octanol–water partition coefficient (Wildman–Crippen LogP) is 5.71. The number of hydrogen-bond donors (Lipinski definition) is 1. The van der Waals surface area contributed by atoms with Crippen LogP contribution in [0.3, 0.4) is 0 Å². The van der Waals surface area contributed by atoms with Crippen molar-refractivity contribution in [2.45, 2.75) is 46.1 Å². The Morgan fingerprint density at radius 1 is 1.06 bits per heavy atom. The molecule has 0 aliphatic carbocycles. The predicted molar refractivity (Wildman–Crippen MR) is 137 cm³/mol. The van der Waals surface area contributed by atoms with Gasteiger partial charge >= 0.3 is 0 Å². The third-order valence-corrected chi connectivity index (χ3v) is 6.23. The number of aromatic nitrogens is 1. The molecule has 0 saturated carbocycles. The Hall–Kier alpha value is -3.93. The normalized spacial score (nSPS) is 17.6. The number of Topliss-reactive ketones (excluding diaryl/α,β-unsaturated/α-hetero) is 1. The van der Waals surface area contributed by atoms with Crippen LogP contribution in [-0.4, -0.2) is 28.4 Å². The van der Waals surface area contributed by atoms with Crippen molar-refractivity contribution in [2.24, 2.45) is 0 Å². The van der Waals surface area contributed by atoms with Crippen LogP contribution in [0.5, 0.6) is 5.75 Å². The molecule has 4 rings (SSSR count). The number of aryl methyl sites for hydroxylation is 1. The summed E-state index contributed by atoms with van der Waals surface area (Å²) >= 11 is 0. The molecule has 2 heterocycles. The van der Waals surface area contributed by atoms with Crippen LogP contribution in [0.15, 0.2) is 72.6 Å². The minimum Gasteiger partial charge on any atom is -0.507 e. The summed E-state index contributed by atoms with van der Waals surface area (Å²) in [6, 6.07) is 15.6. The van der Waals surface area contributed by atoms with Crippen molar-refractivity contribution < 1.29 is 19.4 Å². The lowest BCUT2D eigenvalue weighted by Gasteiger charge is -2.26. The first-order valence-electron chi connectivity index (χ1n) is 11.7. The molecule has 6 heteroatoms. The lowest BCUT2D eigenvalue weighted by atomic mass is 9.84. The van der Waals surface area contributed by atoms with Crippen molar-refractivity contribution >= 4 is 23.1 Å². The van der Waals surface area contributed by atoms with E-state index < -0.39 is 17.7 Å². The van der Waals surface area contributed by atoms with Crippen molar-refractivity contribution in [3.63, 3.8) is 0 Å². The second kappa shape index (κ2) is 9.37. The number of amides is 1. The third-order valence-electron chi connectivity index (χ3n) is 6.23. The third kappa shape index (κ3) is 4.56. The zero-order chi connectivity index (χ0) is 25.3. The van der Waals surface area contributed by atoms with Gasteiger partial charge in [0.15, 0.2) is 0 Å². The van der Waals surface area contributed by atoms with Crippen LogP contribution in [-0.2, 0) is 15.0 Å². The summed E-state index contributed by atoms with van der Waals surface area (Å²) in [6.45, 7) is 10.5. The summed E-state index contributed by atoms with van der Waals surface area (Å²) in [7, 11) is 0. The number of hydrogen-bond acceptors (Lipinski definition) is 5. The Morgan fingerprint density at radius 2 is 1.77 bits per heavy atom. The van der Waals surface area contributed by atoms with E-state index in [1.54, 1.807) is 48.8 Å². The highest BCUT2D eigenvalue weighted by Gasteiger charge is 2.47. The fourth-order valence-electron chi connectivity index (χ4n) is 4.34. The minimum atomic E-state index is -0.812. The van der Waals surface area contributed by atoms with Crippen LogP contribution in [0.4, 0.5) is 5.69 Å². The fraction of sp³-hybridized carbons (Fsp3) is 0.276. The van der Waals surface area contributed by atoms with Gasteiger partial charge in [0.1, 0.15) is 11.5 Å². The van der Waals surface area contributed by atoms with Crippen molar-refractivity contribution in [3.05, 3.63) is 94.8 Å². The molecule has 6 nitrogen and oxygen atoms in total. The van der Waals surface area contributed by atoms with E-state index in [0.29, 0.717) is 29.2 Å². The zero-order valence-electron chi connectivity index (χ0n) is 20.7. The number of rotatable bonds is 5. The number of carbonyl (C=O) groups is 2. The van der Waals surface area contributed by atoms with Crippen LogP contribution in [0, 0.1) is 6.92 Å². The maximum atomic E-state index is 13.4. The first-order valence-corrected chi connectivity index (χ1v) is 11.7. The highest BCUT2D eigenvalue weighted by Crippen LogP contribution is 2.43. The van der Waals surface area contributed by atoms with Crippen LogP contribution in [0.1, 0.15) is 56.0 Å². The molecule has 180 valence electrons. The summed E-state index contributed by atoms with van der Waals surface area (Å²) in [6.07, 6.45) is 3.22. The topological polar surface area (TPSA) is 79.7 Å². The molecule has 1 atom stereocenters. The van der Waals surface area contributed by atoms with E-state index in [2.05, 4.69) is 25.8 Å². The Morgan fingerprint density at radius 3 is 2.43 bits per heavy atom. The molecule has 1 unspecified atom stereocenters. The molecule has 1 aliphatic heterocycles.